The van der Waals surface area contributed by atoms with E-state index in [1.807, 2.05) is 19.1 Å². The molecule has 20 heavy (non-hydrogen) atoms. The van der Waals surface area contributed by atoms with Crippen molar-refractivity contribution in [2.24, 2.45) is 0 Å². The predicted octanol–water partition coefficient (Wildman–Crippen LogP) is 5.32. The number of thiophene rings is 1. The van der Waals surface area contributed by atoms with Crippen LogP contribution in [0.2, 0.25) is 5.02 Å². The number of rotatable bonds is 4. The summed E-state index contributed by atoms with van der Waals surface area (Å²) >= 11 is 7.36. The van der Waals surface area contributed by atoms with Crippen LogP contribution in [0.3, 0.4) is 0 Å². The highest BCUT2D eigenvalue weighted by Crippen LogP contribution is 2.35. The Balaban J connectivity index is 2.32. The van der Waals surface area contributed by atoms with Crippen LogP contribution >= 0.6 is 22.9 Å². The summed E-state index contributed by atoms with van der Waals surface area (Å²) < 4.78 is 5.77. The molecule has 0 unspecified atom stereocenters. The Labute approximate surface area is 126 Å². The molecule has 0 aliphatic heterocycles. The van der Waals surface area contributed by atoms with Gasteiger partial charge in [-0.05, 0) is 36.1 Å². The van der Waals surface area contributed by atoms with Crippen LogP contribution in [0.1, 0.15) is 40.6 Å². The lowest BCUT2D eigenvalue weighted by molar-refractivity contribution is 0.0702. The van der Waals surface area contributed by atoms with Crippen molar-refractivity contribution in [3.05, 3.63) is 44.6 Å². The molecule has 0 aliphatic carbocycles. The standard InChI is InChI=1S/C15H15ClO3S/c1-8(2)11-6-13(9(3)4-12(11)16)19-10-5-14(15(17)18)20-7-10/h4-8H,1-3H3,(H,17,18). The maximum absolute atomic E-state index is 10.9. The van der Waals surface area contributed by atoms with Gasteiger partial charge in [0.2, 0.25) is 0 Å². The molecule has 0 saturated heterocycles. The molecule has 0 atom stereocenters. The number of benzene rings is 1. The lowest BCUT2D eigenvalue weighted by Crippen LogP contribution is -1.94. The van der Waals surface area contributed by atoms with E-state index < -0.39 is 5.97 Å². The minimum absolute atomic E-state index is 0.260. The zero-order chi connectivity index (χ0) is 14.9. The molecule has 0 saturated carbocycles. The van der Waals surface area contributed by atoms with E-state index in [1.165, 1.54) is 6.07 Å². The highest BCUT2D eigenvalue weighted by atomic mass is 35.5. The van der Waals surface area contributed by atoms with E-state index >= 15 is 0 Å². The van der Waals surface area contributed by atoms with E-state index in [0.29, 0.717) is 17.4 Å². The molecule has 0 amide bonds. The monoisotopic (exact) mass is 310 g/mol. The van der Waals surface area contributed by atoms with E-state index in [9.17, 15) is 4.79 Å². The van der Waals surface area contributed by atoms with E-state index in [-0.39, 0.29) is 4.88 Å². The number of halogens is 1. The second-order valence-corrected chi connectivity index (χ2v) is 6.17. The highest BCUT2D eigenvalue weighted by molar-refractivity contribution is 7.12. The summed E-state index contributed by atoms with van der Waals surface area (Å²) in [6.07, 6.45) is 0. The Morgan fingerprint density at radius 3 is 2.60 bits per heavy atom. The van der Waals surface area contributed by atoms with Gasteiger partial charge in [-0.25, -0.2) is 4.79 Å². The first-order chi connectivity index (χ1) is 9.38. The molecule has 1 heterocycles. The Hall–Kier alpha value is -1.52. The van der Waals surface area contributed by atoms with Crippen molar-refractivity contribution < 1.29 is 14.6 Å². The fourth-order valence-corrected chi connectivity index (χ4v) is 2.91. The number of carboxylic acid groups (broad SMARTS) is 1. The number of ether oxygens (including phenoxy) is 1. The van der Waals surface area contributed by atoms with Gasteiger partial charge in [-0.1, -0.05) is 25.4 Å². The van der Waals surface area contributed by atoms with E-state index in [4.69, 9.17) is 21.4 Å². The van der Waals surface area contributed by atoms with Gasteiger partial charge < -0.3 is 9.84 Å². The molecule has 2 rings (SSSR count). The summed E-state index contributed by atoms with van der Waals surface area (Å²) in [5.41, 5.74) is 1.93. The average molecular weight is 311 g/mol. The third-order valence-electron chi connectivity index (χ3n) is 2.93. The van der Waals surface area contributed by atoms with Crippen LogP contribution in [0.25, 0.3) is 0 Å². The molecule has 1 N–H and O–H groups in total. The van der Waals surface area contributed by atoms with Crippen LogP contribution in [0, 0.1) is 6.92 Å². The summed E-state index contributed by atoms with van der Waals surface area (Å²) in [7, 11) is 0. The molecule has 2 aromatic rings. The maximum atomic E-state index is 10.9. The Bertz CT molecular complexity index is 647. The quantitative estimate of drug-likeness (QED) is 0.831. The van der Waals surface area contributed by atoms with Crippen molar-refractivity contribution in [3.63, 3.8) is 0 Å². The van der Waals surface area contributed by atoms with Crippen LogP contribution in [0.15, 0.2) is 23.6 Å². The molecule has 3 nitrogen and oxygen atoms in total. The normalized spacial score (nSPS) is 10.8. The smallest absolute Gasteiger partial charge is 0.346 e. The van der Waals surface area contributed by atoms with Crippen LogP contribution in [0.4, 0.5) is 0 Å². The topological polar surface area (TPSA) is 46.5 Å². The molecule has 1 aromatic heterocycles. The largest absolute Gasteiger partial charge is 0.477 e. The number of carbonyl (C=O) groups is 1. The molecule has 0 fully saturated rings. The number of hydrogen-bond donors (Lipinski definition) is 1. The number of carboxylic acids is 1. The first kappa shape index (κ1) is 14.9. The second-order valence-electron chi connectivity index (χ2n) is 4.85. The third-order valence-corrected chi connectivity index (χ3v) is 4.15. The summed E-state index contributed by atoms with van der Waals surface area (Å²) in [4.78, 5) is 11.1. The second kappa shape index (κ2) is 5.85. The van der Waals surface area contributed by atoms with Crippen LogP contribution in [-0.2, 0) is 0 Å². The van der Waals surface area contributed by atoms with Crippen molar-refractivity contribution >= 4 is 28.9 Å². The van der Waals surface area contributed by atoms with Gasteiger partial charge in [0.15, 0.2) is 0 Å². The first-order valence-electron chi connectivity index (χ1n) is 6.18. The van der Waals surface area contributed by atoms with Crippen molar-refractivity contribution in [2.75, 3.05) is 0 Å². The third kappa shape index (κ3) is 3.14. The zero-order valence-electron chi connectivity index (χ0n) is 11.4. The number of aromatic carboxylic acids is 1. The molecule has 1 aromatic carbocycles. The zero-order valence-corrected chi connectivity index (χ0v) is 13.0. The Morgan fingerprint density at radius 1 is 1.35 bits per heavy atom. The molecule has 0 aliphatic rings. The van der Waals surface area contributed by atoms with Gasteiger partial charge in [-0.2, -0.15) is 0 Å². The Kier molecular flexibility index (Phi) is 4.35. The van der Waals surface area contributed by atoms with Crippen molar-refractivity contribution in [1.82, 2.24) is 0 Å². The molecule has 0 bridgehead atoms. The van der Waals surface area contributed by atoms with Gasteiger partial charge in [-0.15, -0.1) is 11.3 Å². The lowest BCUT2D eigenvalue weighted by atomic mass is 10.0. The van der Waals surface area contributed by atoms with Crippen LogP contribution < -0.4 is 4.74 Å². The van der Waals surface area contributed by atoms with Crippen LogP contribution in [-0.4, -0.2) is 11.1 Å². The van der Waals surface area contributed by atoms with Gasteiger partial charge in [0, 0.05) is 16.5 Å². The van der Waals surface area contributed by atoms with E-state index in [1.54, 1.807) is 5.38 Å². The molecular formula is C15H15ClO3S. The molecule has 0 spiro atoms. The van der Waals surface area contributed by atoms with Gasteiger partial charge in [0.25, 0.3) is 0 Å². The summed E-state index contributed by atoms with van der Waals surface area (Å²) in [5, 5.41) is 11.3. The highest BCUT2D eigenvalue weighted by Gasteiger charge is 2.13. The van der Waals surface area contributed by atoms with Crippen molar-refractivity contribution in [1.29, 1.82) is 0 Å². The SMILES string of the molecule is Cc1cc(Cl)c(C(C)C)cc1Oc1csc(C(=O)O)c1. The first-order valence-corrected chi connectivity index (χ1v) is 7.44. The Morgan fingerprint density at radius 2 is 2.05 bits per heavy atom. The minimum atomic E-state index is -0.944. The number of hydrogen-bond acceptors (Lipinski definition) is 3. The van der Waals surface area contributed by atoms with Crippen LogP contribution in [0.5, 0.6) is 11.5 Å². The molecule has 5 heteroatoms. The fourth-order valence-electron chi connectivity index (χ4n) is 1.83. The fraction of sp³-hybridized carbons (Fsp3) is 0.267. The summed E-state index contributed by atoms with van der Waals surface area (Å²) in [5.74, 6) is 0.587. The summed E-state index contributed by atoms with van der Waals surface area (Å²) in [6, 6.07) is 5.31. The molecule has 106 valence electrons. The van der Waals surface area contributed by atoms with Crippen molar-refractivity contribution in [2.45, 2.75) is 26.7 Å². The molecular weight excluding hydrogens is 296 g/mol. The minimum Gasteiger partial charge on any atom is -0.477 e. The van der Waals surface area contributed by atoms with E-state index in [2.05, 4.69) is 13.8 Å². The van der Waals surface area contributed by atoms with E-state index in [0.717, 1.165) is 27.5 Å². The predicted molar refractivity (Wildman–Crippen MR) is 81.6 cm³/mol. The van der Waals surface area contributed by atoms with Gasteiger partial charge in [0.1, 0.15) is 16.4 Å². The average Bonchev–Trinajstić information content (AvgIpc) is 2.80. The summed E-state index contributed by atoms with van der Waals surface area (Å²) in [6.45, 7) is 6.04. The van der Waals surface area contributed by atoms with Gasteiger partial charge >= 0.3 is 5.97 Å². The molecule has 0 radical (unpaired) electrons. The number of aryl methyl sites for hydroxylation is 1. The van der Waals surface area contributed by atoms with Gasteiger partial charge in [0.05, 0.1) is 0 Å². The van der Waals surface area contributed by atoms with Gasteiger partial charge in [-0.3, -0.25) is 0 Å². The maximum Gasteiger partial charge on any atom is 0.346 e. The van der Waals surface area contributed by atoms with Crippen molar-refractivity contribution in [3.8, 4) is 11.5 Å². The lowest BCUT2D eigenvalue weighted by Gasteiger charge is -2.13.